The second kappa shape index (κ2) is 8.35. The van der Waals surface area contributed by atoms with Crippen LogP contribution in [0.1, 0.15) is 29.5 Å². The van der Waals surface area contributed by atoms with Crippen LogP contribution in [0, 0.1) is 11.8 Å². The lowest BCUT2D eigenvalue weighted by atomic mass is 9.89. The summed E-state index contributed by atoms with van der Waals surface area (Å²) in [6.45, 7) is 3.45. The lowest BCUT2D eigenvalue weighted by Crippen LogP contribution is -2.35. The number of benzene rings is 2. The van der Waals surface area contributed by atoms with Gasteiger partial charge >= 0.3 is 6.18 Å². The Morgan fingerprint density at radius 1 is 1.14 bits per heavy atom. The van der Waals surface area contributed by atoms with Gasteiger partial charge in [0.25, 0.3) is 0 Å². The van der Waals surface area contributed by atoms with Gasteiger partial charge in [-0.2, -0.15) is 13.2 Å². The predicted octanol–water partition coefficient (Wildman–Crippen LogP) is 4.08. The Balaban J connectivity index is 1.68. The summed E-state index contributed by atoms with van der Waals surface area (Å²) >= 11 is 0. The van der Waals surface area contributed by atoms with Crippen LogP contribution in [0.25, 0.3) is 0 Å². The van der Waals surface area contributed by atoms with Crippen LogP contribution < -0.4 is 5.73 Å². The summed E-state index contributed by atoms with van der Waals surface area (Å²) in [4.78, 5) is 14.7. The summed E-state index contributed by atoms with van der Waals surface area (Å²) in [7, 11) is 0. The van der Waals surface area contributed by atoms with E-state index in [1.807, 2.05) is 35.2 Å². The van der Waals surface area contributed by atoms with Crippen molar-refractivity contribution < 1.29 is 18.0 Å². The molecule has 3 rings (SSSR count). The Bertz CT molecular complexity index is 807. The number of likely N-dealkylation sites (tertiary alicyclic amines) is 1. The largest absolute Gasteiger partial charge is 0.416 e. The normalized spacial score (nSPS) is 21.0. The van der Waals surface area contributed by atoms with E-state index < -0.39 is 17.7 Å². The Hall–Kier alpha value is -2.34. The maximum absolute atomic E-state index is 12.9. The van der Waals surface area contributed by atoms with Crippen molar-refractivity contribution in [1.29, 1.82) is 0 Å². The Morgan fingerprint density at radius 2 is 1.86 bits per heavy atom. The molecule has 1 saturated heterocycles. The number of alkyl halides is 3. The maximum atomic E-state index is 12.9. The SMILES string of the molecule is CC(Cc1cccc(C(F)(F)F)c1)C(=O)N1C[C@@H](CN)[C@H](c2ccccc2)C1. The van der Waals surface area contributed by atoms with Crippen molar-refractivity contribution in [2.45, 2.75) is 25.4 Å². The van der Waals surface area contributed by atoms with Crippen LogP contribution in [0.5, 0.6) is 0 Å². The Kier molecular flexibility index (Phi) is 6.08. The van der Waals surface area contributed by atoms with Crippen LogP contribution in [-0.4, -0.2) is 30.4 Å². The van der Waals surface area contributed by atoms with Gasteiger partial charge in [-0.15, -0.1) is 0 Å². The highest BCUT2D eigenvalue weighted by Crippen LogP contribution is 2.33. The molecule has 3 nitrogen and oxygen atoms in total. The summed E-state index contributed by atoms with van der Waals surface area (Å²) < 4.78 is 38.7. The quantitative estimate of drug-likeness (QED) is 0.836. The molecule has 0 spiro atoms. The van der Waals surface area contributed by atoms with Crippen LogP contribution in [0.15, 0.2) is 54.6 Å². The lowest BCUT2D eigenvalue weighted by Gasteiger charge is -2.21. The van der Waals surface area contributed by atoms with Gasteiger partial charge in [-0.1, -0.05) is 55.5 Å². The summed E-state index contributed by atoms with van der Waals surface area (Å²) in [6, 6.07) is 15.2. The minimum Gasteiger partial charge on any atom is -0.341 e. The molecule has 1 fully saturated rings. The van der Waals surface area contributed by atoms with Crippen molar-refractivity contribution in [2.75, 3.05) is 19.6 Å². The number of nitrogens with zero attached hydrogens (tertiary/aromatic N) is 1. The average Bonchev–Trinajstić information content (AvgIpc) is 3.12. The van der Waals surface area contributed by atoms with E-state index in [1.165, 1.54) is 11.6 Å². The van der Waals surface area contributed by atoms with Crippen LogP contribution >= 0.6 is 0 Å². The first-order valence-corrected chi connectivity index (χ1v) is 9.49. The van der Waals surface area contributed by atoms with Gasteiger partial charge in [-0.25, -0.2) is 0 Å². The molecule has 1 aliphatic rings. The predicted molar refractivity (Wildman–Crippen MR) is 103 cm³/mol. The van der Waals surface area contributed by atoms with E-state index >= 15 is 0 Å². The van der Waals surface area contributed by atoms with E-state index in [9.17, 15) is 18.0 Å². The second-order valence-electron chi connectivity index (χ2n) is 7.56. The number of carbonyl (C=O) groups is 1. The number of rotatable bonds is 5. The number of hydrogen-bond donors (Lipinski definition) is 1. The summed E-state index contributed by atoms with van der Waals surface area (Å²) in [5, 5.41) is 0. The van der Waals surface area contributed by atoms with E-state index in [4.69, 9.17) is 5.73 Å². The maximum Gasteiger partial charge on any atom is 0.416 e. The topological polar surface area (TPSA) is 46.3 Å². The first-order valence-electron chi connectivity index (χ1n) is 9.49. The highest BCUT2D eigenvalue weighted by atomic mass is 19.4. The van der Waals surface area contributed by atoms with Crippen LogP contribution in [0.2, 0.25) is 0 Å². The standard InChI is InChI=1S/C22H25F3N2O/c1-15(10-16-6-5-9-19(11-16)22(23,24)25)21(28)27-13-18(12-26)20(14-27)17-7-3-2-4-8-17/h2-9,11,15,18,20H,10,12-14,26H2,1H3/t15?,18-,20+/m1/s1. The molecule has 0 aromatic heterocycles. The zero-order valence-corrected chi connectivity index (χ0v) is 15.8. The third kappa shape index (κ3) is 4.55. The molecular formula is C22H25F3N2O. The molecule has 1 aliphatic heterocycles. The van der Waals surface area contributed by atoms with E-state index in [-0.39, 0.29) is 24.2 Å². The van der Waals surface area contributed by atoms with Gasteiger partial charge in [0.15, 0.2) is 0 Å². The van der Waals surface area contributed by atoms with Crippen molar-refractivity contribution >= 4 is 5.91 Å². The number of carbonyl (C=O) groups excluding carboxylic acids is 1. The molecule has 1 amide bonds. The first-order chi connectivity index (χ1) is 13.3. The molecule has 0 saturated carbocycles. The van der Waals surface area contributed by atoms with Crippen LogP contribution in [-0.2, 0) is 17.4 Å². The molecule has 0 bridgehead atoms. The Labute approximate surface area is 163 Å². The molecule has 1 heterocycles. The highest BCUT2D eigenvalue weighted by Gasteiger charge is 2.36. The van der Waals surface area contributed by atoms with Crippen molar-refractivity contribution in [1.82, 2.24) is 4.90 Å². The minimum atomic E-state index is -4.38. The molecule has 2 aromatic carbocycles. The second-order valence-corrected chi connectivity index (χ2v) is 7.56. The van der Waals surface area contributed by atoms with Gasteiger partial charge < -0.3 is 10.6 Å². The summed E-state index contributed by atoms with van der Waals surface area (Å²) in [5.74, 6) is -0.0475. The van der Waals surface area contributed by atoms with E-state index in [2.05, 4.69) is 0 Å². The molecular weight excluding hydrogens is 365 g/mol. The lowest BCUT2D eigenvalue weighted by molar-refractivity contribution is -0.137. The third-order valence-corrected chi connectivity index (χ3v) is 5.50. The number of amides is 1. The van der Waals surface area contributed by atoms with Crippen molar-refractivity contribution in [3.8, 4) is 0 Å². The van der Waals surface area contributed by atoms with Crippen molar-refractivity contribution in [2.24, 2.45) is 17.6 Å². The molecule has 3 atom stereocenters. The fraction of sp³-hybridized carbons (Fsp3) is 0.409. The van der Waals surface area contributed by atoms with Crippen molar-refractivity contribution in [3.63, 3.8) is 0 Å². The van der Waals surface area contributed by atoms with Gasteiger partial charge in [-0.05, 0) is 36.1 Å². The Morgan fingerprint density at radius 3 is 2.50 bits per heavy atom. The highest BCUT2D eigenvalue weighted by molar-refractivity contribution is 5.79. The van der Waals surface area contributed by atoms with E-state index in [0.717, 1.165) is 12.1 Å². The van der Waals surface area contributed by atoms with Gasteiger partial charge in [0.1, 0.15) is 0 Å². The van der Waals surface area contributed by atoms with Gasteiger partial charge in [0.05, 0.1) is 5.56 Å². The third-order valence-electron chi connectivity index (χ3n) is 5.50. The number of hydrogen-bond acceptors (Lipinski definition) is 2. The molecule has 28 heavy (non-hydrogen) atoms. The molecule has 6 heteroatoms. The summed E-state index contributed by atoms with van der Waals surface area (Å²) in [6.07, 6.45) is -4.10. The van der Waals surface area contributed by atoms with Crippen LogP contribution in [0.4, 0.5) is 13.2 Å². The fourth-order valence-corrected chi connectivity index (χ4v) is 4.00. The molecule has 2 N–H and O–H groups in total. The molecule has 2 aromatic rings. The fourth-order valence-electron chi connectivity index (χ4n) is 4.00. The molecule has 0 radical (unpaired) electrons. The summed E-state index contributed by atoms with van der Waals surface area (Å²) in [5.41, 5.74) is 6.94. The monoisotopic (exact) mass is 390 g/mol. The van der Waals surface area contributed by atoms with Crippen molar-refractivity contribution in [3.05, 3.63) is 71.3 Å². The van der Waals surface area contributed by atoms with E-state index in [1.54, 1.807) is 13.0 Å². The van der Waals surface area contributed by atoms with Crippen LogP contribution in [0.3, 0.4) is 0 Å². The minimum absolute atomic E-state index is 0.0331. The van der Waals surface area contributed by atoms with Gasteiger partial charge in [0, 0.05) is 24.9 Å². The number of nitrogens with two attached hydrogens (primary N) is 1. The zero-order valence-electron chi connectivity index (χ0n) is 15.8. The molecule has 0 aliphatic carbocycles. The average molecular weight is 390 g/mol. The molecule has 1 unspecified atom stereocenters. The zero-order chi connectivity index (χ0) is 20.3. The molecule has 150 valence electrons. The number of halogens is 3. The van der Waals surface area contributed by atoms with Gasteiger partial charge in [0.2, 0.25) is 5.91 Å². The van der Waals surface area contributed by atoms with Gasteiger partial charge in [-0.3, -0.25) is 4.79 Å². The smallest absolute Gasteiger partial charge is 0.341 e. The first kappa shape index (κ1) is 20.4. The van der Waals surface area contributed by atoms with E-state index in [0.29, 0.717) is 25.2 Å².